The van der Waals surface area contributed by atoms with Gasteiger partial charge in [0.15, 0.2) is 5.84 Å². The molecule has 4 N–H and O–H groups in total. The molecule has 7 nitrogen and oxygen atoms in total. The predicted octanol–water partition coefficient (Wildman–Crippen LogP) is 1.56. The number of methoxy groups -OCH3 is 2. The van der Waals surface area contributed by atoms with Crippen molar-refractivity contribution in [2.45, 2.75) is 19.3 Å². The van der Waals surface area contributed by atoms with Gasteiger partial charge in [0, 0.05) is 23.9 Å². The van der Waals surface area contributed by atoms with E-state index in [4.69, 9.17) is 20.4 Å². The summed E-state index contributed by atoms with van der Waals surface area (Å²) in [6, 6.07) is 5.07. The summed E-state index contributed by atoms with van der Waals surface area (Å²) in [7, 11) is 3.06. The van der Waals surface area contributed by atoms with Crippen molar-refractivity contribution in [3.63, 3.8) is 0 Å². The summed E-state index contributed by atoms with van der Waals surface area (Å²) < 4.78 is 10.3. The van der Waals surface area contributed by atoms with E-state index >= 15 is 0 Å². The van der Waals surface area contributed by atoms with Crippen LogP contribution in [0.15, 0.2) is 23.4 Å². The van der Waals surface area contributed by atoms with Crippen LogP contribution >= 0.6 is 0 Å². The van der Waals surface area contributed by atoms with Crippen molar-refractivity contribution in [1.29, 1.82) is 0 Å². The van der Waals surface area contributed by atoms with Crippen molar-refractivity contribution < 1.29 is 19.5 Å². The second-order valence-corrected chi connectivity index (χ2v) is 4.98. The van der Waals surface area contributed by atoms with Crippen LogP contribution in [0.1, 0.15) is 19.3 Å². The average molecular weight is 293 g/mol. The second kappa shape index (κ2) is 5.90. The topological polar surface area (TPSA) is 106 Å². The minimum absolute atomic E-state index is 0.0545. The summed E-state index contributed by atoms with van der Waals surface area (Å²) in [5, 5.41) is 14.6. The van der Waals surface area contributed by atoms with Crippen molar-refractivity contribution >= 4 is 17.4 Å². The molecule has 1 aliphatic rings. The quantitative estimate of drug-likeness (QED) is 0.330. The summed E-state index contributed by atoms with van der Waals surface area (Å²) in [4.78, 5) is 12.5. The van der Waals surface area contributed by atoms with E-state index < -0.39 is 5.41 Å². The number of amidine groups is 1. The fourth-order valence-corrected chi connectivity index (χ4v) is 2.36. The number of amides is 1. The Labute approximate surface area is 122 Å². The van der Waals surface area contributed by atoms with Gasteiger partial charge in [-0.2, -0.15) is 0 Å². The van der Waals surface area contributed by atoms with Crippen LogP contribution in [0.2, 0.25) is 0 Å². The number of carbonyl (C=O) groups is 1. The number of nitrogens with one attached hydrogen (secondary N) is 1. The van der Waals surface area contributed by atoms with Crippen molar-refractivity contribution in [3.05, 3.63) is 18.2 Å². The lowest BCUT2D eigenvalue weighted by atomic mass is 9.67. The van der Waals surface area contributed by atoms with E-state index in [1.54, 1.807) is 18.2 Å². The number of benzene rings is 1. The van der Waals surface area contributed by atoms with E-state index in [-0.39, 0.29) is 11.7 Å². The van der Waals surface area contributed by atoms with E-state index in [0.29, 0.717) is 30.0 Å². The molecule has 0 heterocycles. The fraction of sp³-hybridized carbons (Fsp3) is 0.429. The molecule has 2 rings (SSSR count). The molecule has 21 heavy (non-hydrogen) atoms. The maximum atomic E-state index is 12.5. The Bertz CT molecular complexity index is 545. The van der Waals surface area contributed by atoms with Gasteiger partial charge in [-0.25, -0.2) is 0 Å². The Morgan fingerprint density at radius 3 is 2.24 bits per heavy atom. The first-order valence-electron chi connectivity index (χ1n) is 6.58. The zero-order valence-electron chi connectivity index (χ0n) is 12.0. The highest BCUT2D eigenvalue weighted by Gasteiger charge is 2.48. The third-order valence-electron chi connectivity index (χ3n) is 3.85. The molecule has 0 spiro atoms. The summed E-state index contributed by atoms with van der Waals surface area (Å²) >= 11 is 0. The van der Waals surface area contributed by atoms with Gasteiger partial charge in [-0.1, -0.05) is 11.6 Å². The maximum Gasteiger partial charge on any atom is 0.238 e. The van der Waals surface area contributed by atoms with Gasteiger partial charge in [-0.15, -0.1) is 0 Å². The minimum Gasteiger partial charge on any atom is -0.497 e. The van der Waals surface area contributed by atoms with E-state index in [1.807, 2.05) is 0 Å². The first-order chi connectivity index (χ1) is 10.1. The zero-order valence-corrected chi connectivity index (χ0v) is 12.0. The van der Waals surface area contributed by atoms with Gasteiger partial charge in [-0.05, 0) is 12.8 Å². The number of hydrogen-bond donors (Lipinski definition) is 3. The van der Waals surface area contributed by atoms with Crippen LogP contribution < -0.4 is 20.5 Å². The first kappa shape index (κ1) is 15.0. The van der Waals surface area contributed by atoms with Gasteiger partial charge in [0.25, 0.3) is 0 Å². The predicted molar refractivity (Wildman–Crippen MR) is 77.9 cm³/mol. The largest absolute Gasteiger partial charge is 0.497 e. The van der Waals surface area contributed by atoms with Gasteiger partial charge in [0.1, 0.15) is 16.9 Å². The van der Waals surface area contributed by atoms with Crippen molar-refractivity contribution in [3.8, 4) is 11.5 Å². The lowest BCUT2D eigenvalue weighted by molar-refractivity contribution is -0.125. The molecule has 0 saturated heterocycles. The highest BCUT2D eigenvalue weighted by molar-refractivity contribution is 6.12. The van der Waals surface area contributed by atoms with Crippen molar-refractivity contribution in [2.75, 3.05) is 19.5 Å². The number of hydrogen-bond acceptors (Lipinski definition) is 5. The normalized spacial score (nSPS) is 16.8. The summed E-state index contributed by atoms with van der Waals surface area (Å²) in [6.07, 6.45) is 2.00. The Morgan fingerprint density at radius 1 is 1.29 bits per heavy atom. The lowest BCUT2D eigenvalue weighted by Gasteiger charge is -2.38. The van der Waals surface area contributed by atoms with Crippen LogP contribution in [0, 0.1) is 5.41 Å². The molecule has 0 atom stereocenters. The van der Waals surface area contributed by atoms with Gasteiger partial charge in [0.2, 0.25) is 5.91 Å². The van der Waals surface area contributed by atoms with Crippen LogP contribution in [-0.4, -0.2) is 31.2 Å². The summed E-state index contributed by atoms with van der Waals surface area (Å²) in [5.41, 5.74) is 5.28. The van der Waals surface area contributed by atoms with Crippen LogP contribution in [0.4, 0.5) is 5.69 Å². The molecule has 0 aromatic heterocycles. The molecular formula is C14H19N3O4. The van der Waals surface area contributed by atoms with Gasteiger partial charge in [-0.3, -0.25) is 4.79 Å². The number of rotatable bonds is 5. The highest BCUT2D eigenvalue weighted by atomic mass is 16.5. The molecular weight excluding hydrogens is 274 g/mol. The highest BCUT2D eigenvalue weighted by Crippen LogP contribution is 2.42. The lowest BCUT2D eigenvalue weighted by Crippen LogP contribution is -2.51. The average Bonchev–Trinajstić information content (AvgIpc) is 2.45. The molecule has 1 aliphatic carbocycles. The molecule has 0 aliphatic heterocycles. The minimum atomic E-state index is -0.926. The molecule has 1 amide bonds. The molecule has 0 unspecified atom stereocenters. The van der Waals surface area contributed by atoms with Crippen LogP contribution in [0.3, 0.4) is 0 Å². The van der Waals surface area contributed by atoms with E-state index in [0.717, 1.165) is 6.42 Å². The molecule has 1 saturated carbocycles. The van der Waals surface area contributed by atoms with E-state index in [2.05, 4.69) is 10.5 Å². The Balaban J connectivity index is 2.23. The Morgan fingerprint density at radius 2 is 1.86 bits per heavy atom. The zero-order chi connectivity index (χ0) is 15.5. The maximum absolute atomic E-state index is 12.5. The third kappa shape index (κ3) is 2.72. The smallest absolute Gasteiger partial charge is 0.238 e. The molecule has 0 bridgehead atoms. The number of ether oxygens (including phenoxy) is 2. The molecule has 114 valence electrons. The van der Waals surface area contributed by atoms with E-state index in [1.165, 1.54) is 14.2 Å². The Hall–Kier alpha value is -2.44. The number of oxime groups is 1. The molecule has 1 aromatic carbocycles. The van der Waals surface area contributed by atoms with Crippen LogP contribution in [0.5, 0.6) is 11.5 Å². The number of anilines is 1. The number of nitrogens with zero attached hydrogens (tertiary/aromatic N) is 1. The molecule has 0 radical (unpaired) electrons. The number of nitrogens with two attached hydrogens (primary N) is 1. The van der Waals surface area contributed by atoms with Crippen molar-refractivity contribution in [1.82, 2.24) is 0 Å². The summed E-state index contributed by atoms with van der Waals surface area (Å²) in [5.74, 6) is 0.785. The van der Waals surface area contributed by atoms with Gasteiger partial charge >= 0.3 is 0 Å². The van der Waals surface area contributed by atoms with Crippen LogP contribution in [0.25, 0.3) is 0 Å². The van der Waals surface area contributed by atoms with Crippen LogP contribution in [-0.2, 0) is 4.79 Å². The molecule has 7 heteroatoms. The first-order valence-corrected chi connectivity index (χ1v) is 6.58. The van der Waals surface area contributed by atoms with Gasteiger partial charge < -0.3 is 25.7 Å². The third-order valence-corrected chi connectivity index (χ3v) is 3.85. The fourth-order valence-electron chi connectivity index (χ4n) is 2.36. The summed E-state index contributed by atoms with van der Waals surface area (Å²) in [6.45, 7) is 0. The van der Waals surface area contributed by atoms with Gasteiger partial charge in [0.05, 0.1) is 14.2 Å². The standard InChI is InChI=1S/C14H19N3O4/c1-20-10-6-9(7-11(8-10)21-2)16-13(18)14(4-3-5-14)12(15)17-19/h6-8,19H,3-5H2,1-2H3,(H2,15,17)(H,16,18). The molecule has 1 fully saturated rings. The monoisotopic (exact) mass is 293 g/mol. The number of carbonyl (C=O) groups excluding carboxylic acids is 1. The van der Waals surface area contributed by atoms with E-state index in [9.17, 15) is 4.79 Å². The molecule has 1 aromatic rings. The van der Waals surface area contributed by atoms with Crippen molar-refractivity contribution in [2.24, 2.45) is 16.3 Å². The Kier molecular flexibility index (Phi) is 4.21. The second-order valence-electron chi connectivity index (χ2n) is 4.98. The SMILES string of the molecule is COc1cc(NC(=O)C2(/C(N)=N/O)CCC2)cc(OC)c1.